The SMILES string of the molecule is Cc1ccsc1-c1c[nH]c2ncc(-c3ccc(S(=O)(=O)C(C)C)cc3)nc12. The number of aromatic nitrogens is 3. The van der Waals surface area contributed by atoms with Gasteiger partial charge in [0, 0.05) is 22.2 Å². The first-order chi connectivity index (χ1) is 12.9. The van der Waals surface area contributed by atoms with Gasteiger partial charge in [-0.15, -0.1) is 11.3 Å². The predicted octanol–water partition coefficient (Wildman–Crippen LogP) is 4.84. The Labute approximate surface area is 162 Å². The second kappa shape index (κ2) is 6.58. The van der Waals surface area contributed by atoms with E-state index in [4.69, 9.17) is 4.98 Å². The number of thiophene rings is 1. The van der Waals surface area contributed by atoms with Crippen LogP contribution in [0.15, 0.2) is 53.0 Å². The second-order valence-electron chi connectivity index (χ2n) is 6.71. The minimum Gasteiger partial charge on any atom is -0.344 e. The van der Waals surface area contributed by atoms with Crippen LogP contribution in [0, 0.1) is 6.92 Å². The summed E-state index contributed by atoms with van der Waals surface area (Å²) in [6, 6.07) is 8.93. The largest absolute Gasteiger partial charge is 0.344 e. The topological polar surface area (TPSA) is 75.7 Å². The van der Waals surface area contributed by atoms with Gasteiger partial charge in [0.1, 0.15) is 5.52 Å². The molecule has 0 aliphatic rings. The number of rotatable bonds is 4. The molecular formula is C20H19N3O2S2. The zero-order valence-corrected chi connectivity index (χ0v) is 16.9. The molecule has 0 saturated carbocycles. The van der Waals surface area contributed by atoms with Crippen molar-refractivity contribution in [3.8, 4) is 21.7 Å². The van der Waals surface area contributed by atoms with Crippen molar-refractivity contribution in [1.82, 2.24) is 15.0 Å². The van der Waals surface area contributed by atoms with Gasteiger partial charge < -0.3 is 4.98 Å². The fourth-order valence-corrected chi connectivity index (χ4v) is 4.94. The summed E-state index contributed by atoms with van der Waals surface area (Å²) in [7, 11) is -3.28. The molecule has 0 amide bonds. The van der Waals surface area contributed by atoms with Gasteiger partial charge in [0.15, 0.2) is 15.5 Å². The zero-order chi connectivity index (χ0) is 19.2. The molecule has 0 radical (unpaired) electrons. The van der Waals surface area contributed by atoms with Crippen LogP contribution >= 0.6 is 11.3 Å². The van der Waals surface area contributed by atoms with Crippen LogP contribution in [0.1, 0.15) is 19.4 Å². The Morgan fingerprint density at radius 3 is 2.48 bits per heavy atom. The Bertz CT molecular complexity index is 1220. The maximum atomic E-state index is 12.3. The van der Waals surface area contributed by atoms with Crippen LogP contribution in [0.2, 0.25) is 0 Å². The molecule has 27 heavy (non-hydrogen) atoms. The molecule has 0 spiro atoms. The summed E-state index contributed by atoms with van der Waals surface area (Å²) in [5.41, 5.74) is 5.34. The van der Waals surface area contributed by atoms with Gasteiger partial charge in [0.05, 0.1) is 22.0 Å². The number of nitrogens with one attached hydrogen (secondary N) is 1. The molecule has 0 unspecified atom stereocenters. The Balaban J connectivity index is 1.78. The standard InChI is InChI=1S/C20H19N3O2S2/c1-12(2)27(24,25)15-6-4-14(5-7-15)17-11-22-20-18(23-17)16(10-21-20)19-13(3)8-9-26-19/h4-12H,1-3H3,(H,21,22). The summed E-state index contributed by atoms with van der Waals surface area (Å²) in [6.45, 7) is 5.45. The molecule has 0 aliphatic heterocycles. The molecular weight excluding hydrogens is 378 g/mol. The Morgan fingerprint density at radius 2 is 1.85 bits per heavy atom. The van der Waals surface area contributed by atoms with Crippen molar-refractivity contribution in [1.29, 1.82) is 0 Å². The molecule has 138 valence electrons. The number of hydrogen-bond donors (Lipinski definition) is 1. The minimum atomic E-state index is -3.28. The van der Waals surface area contributed by atoms with Crippen LogP contribution in [-0.2, 0) is 9.84 Å². The number of aryl methyl sites for hydroxylation is 1. The van der Waals surface area contributed by atoms with Gasteiger partial charge in [-0.1, -0.05) is 12.1 Å². The van der Waals surface area contributed by atoms with Crippen LogP contribution in [0.5, 0.6) is 0 Å². The van der Waals surface area contributed by atoms with E-state index < -0.39 is 15.1 Å². The van der Waals surface area contributed by atoms with Gasteiger partial charge in [-0.05, 0) is 49.9 Å². The molecule has 0 atom stereocenters. The average Bonchev–Trinajstić information content (AvgIpc) is 3.26. The lowest BCUT2D eigenvalue weighted by molar-refractivity contribution is 0.587. The predicted molar refractivity (Wildman–Crippen MR) is 110 cm³/mol. The third-order valence-corrected chi connectivity index (χ3v) is 7.81. The molecule has 4 rings (SSSR count). The summed E-state index contributed by atoms with van der Waals surface area (Å²) in [5.74, 6) is 0. The minimum absolute atomic E-state index is 0.326. The monoisotopic (exact) mass is 397 g/mol. The maximum Gasteiger partial charge on any atom is 0.180 e. The highest BCUT2D eigenvalue weighted by Crippen LogP contribution is 2.34. The number of nitrogens with zero attached hydrogens (tertiary/aromatic N) is 2. The first kappa shape index (κ1) is 17.9. The molecule has 5 nitrogen and oxygen atoms in total. The summed E-state index contributed by atoms with van der Waals surface area (Å²) >= 11 is 1.68. The number of aromatic amines is 1. The summed E-state index contributed by atoms with van der Waals surface area (Å²) in [4.78, 5) is 14.0. The number of sulfone groups is 1. The molecule has 0 fully saturated rings. The van der Waals surface area contributed by atoms with Gasteiger partial charge in [-0.2, -0.15) is 0 Å². The smallest absolute Gasteiger partial charge is 0.180 e. The highest BCUT2D eigenvalue weighted by atomic mass is 32.2. The maximum absolute atomic E-state index is 12.3. The number of H-pyrrole nitrogens is 1. The Kier molecular flexibility index (Phi) is 4.36. The second-order valence-corrected chi connectivity index (χ2v) is 10.1. The highest BCUT2D eigenvalue weighted by molar-refractivity contribution is 7.92. The quantitative estimate of drug-likeness (QED) is 0.534. The summed E-state index contributed by atoms with van der Waals surface area (Å²) < 4.78 is 24.6. The van der Waals surface area contributed by atoms with E-state index in [1.807, 2.05) is 6.20 Å². The fraction of sp³-hybridized carbons (Fsp3) is 0.200. The van der Waals surface area contributed by atoms with Gasteiger partial charge in [0.2, 0.25) is 0 Å². The Hall–Kier alpha value is -2.51. The van der Waals surface area contributed by atoms with E-state index in [0.29, 0.717) is 10.6 Å². The van der Waals surface area contributed by atoms with Crippen LogP contribution in [-0.4, -0.2) is 28.6 Å². The molecule has 0 saturated heterocycles. The molecule has 1 N–H and O–H groups in total. The van der Waals surface area contributed by atoms with Gasteiger partial charge in [0.25, 0.3) is 0 Å². The average molecular weight is 398 g/mol. The van der Waals surface area contributed by atoms with Crippen molar-refractivity contribution in [3.05, 3.63) is 53.7 Å². The van der Waals surface area contributed by atoms with Gasteiger partial charge in [-0.25, -0.2) is 18.4 Å². The third kappa shape index (κ3) is 3.07. The number of fused-ring (bicyclic) bond motifs is 1. The molecule has 4 aromatic rings. The van der Waals surface area contributed by atoms with E-state index >= 15 is 0 Å². The molecule has 0 aliphatic carbocycles. The third-order valence-electron chi connectivity index (χ3n) is 4.59. The molecule has 1 aromatic carbocycles. The van der Waals surface area contributed by atoms with E-state index in [2.05, 4.69) is 28.3 Å². The van der Waals surface area contributed by atoms with Crippen molar-refractivity contribution < 1.29 is 8.42 Å². The van der Waals surface area contributed by atoms with Crippen molar-refractivity contribution in [2.45, 2.75) is 30.9 Å². The zero-order valence-electron chi connectivity index (χ0n) is 15.2. The normalized spacial score (nSPS) is 12.1. The lowest BCUT2D eigenvalue weighted by Crippen LogP contribution is -2.13. The fourth-order valence-electron chi connectivity index (χ4n) is 2.94. The van der Waals surface area contributed by atoms with Crippen LogP contribution in [0.3, 0.4) is 0 Å². The van der Waals surface area contributed by atoms with E-state index in [9.17, 15) is 8.42 Å². The first-order valence-corrected chi connectivity index (χ1v) is 11.0. The van der Waals surface area contributed by atoms with Crippen molar-refractivity contribution in [2.75, 3.05) is 0 Å². The lowest BCUT2D eigenvalue weighted by atomic mass is 10.1. The Morgan fingerprint density at radius 1 is 1.11 bits per heavy atom. The van der Waals surface area contributed by atoms with Crippen LogP contribution < -0.4 is 0 Å². The van der Waals surface area contributed by atoms with Crippen molar-refractivity contribution >= 4 is 32.3 Å². The molecule has 0 bridgehead atoms. The van der Waals surface area contributed by atoms with E-state index in [0.717, 1.165) is 22.3 Å². The van der Waals surface area contributed by atoms with E-state index in [1.165, 1.54) is 10.4 Å². The van der Waals surface area contributed by atoms with Crippen molar-refractivity contribution in [3.63, 3.8) is 0 Å². The van der Waals surface area contributed by atoms with Crippen LogP contribution in [0.4, 0.5) is 0 Å². The van der Waals surface area contributed by atoms with E-state index in [1.54, 1.807) is 55.6 Å². The van der Waals surface area contributed by atoms with E-state index in [-0.39, 0.29) is 0 Å². The first-order valence-electron chi connectivity index (χ1n) is 8.61. The number of hydrogen-bond acceptors (Lipinski definition) is 5. The van der Waals surface area contributed by atoms with Gasteiger partial charge in [-0.3, -0.25) is 0 Å². The molecule has 3 heterocycles. The summed E-state index contributed by atoms with van der Waals surface area (Å²) in [5, 5.41) is 1.62. The highest BCUT2D eigenvalue weighted by Gasteiger charge is 2.19. The molecule has 7 heteroatoms. The van der Waals surface area contributed by atoms with Gasteiger partial charge >= 0.3 is 0 Å². The van der Waals surface area contributed by atoms with Crippen LogP contribution in [0.25, 0.3) is 32.9 Å². The summed E-state index contributed by atoms with van der Waals surface area (Å²) in [6.07, 6.45) is 3.64. The lowest BCUT2D eigenvalue weighted by Gasteiger charge is -2.08. The van der Waals surface area contributed by atoms with Crippen molar-refractivity contribution in [2.24, 2.45) is 0 Å². The molecule has 3 aromatic heterocycles. The number of benzene rings is 1.